The summed E-state index contributed by atoms with van der Waals surface area (Å²) in [7, 11) is 0. The number of H-pyrrole nitrogens is 1. The van der Waals surface area contributed by atoms with E-state index in [0.29, 0.717) is 0 Å². The summed E-state index contributed by atoms with van der Waals surface area (Å²) in [5.74, 6) is -0.448. The largest absolute Gasteiger partial charge is 0.366 e. The number of carbonyl (C=O) groups is 1. The predicted molar refractivity (Wildman–Crippen MR) is 64.5 cm³/mol. The number of benzene rings is 1. The predicted octanol–water partition coefficient (Wildman–Crippen LogP) is 2.18. The van der Waals surface area contributed by atoms with Crippen LogP contribution < -0.4 is 5.73 Å². The van der Waals surface area contributed by atoms with Crippen molar-refractivity contribution in [3.63, 3.8) is 0 Å². The highest BCUT2D eigenvalue weighted by Gasteiger charge is 1.98. The molecule has 80 valence electrons. The summed E-state index contributed by atoms with van der Waals surface area (Å²) in [6, 6.07) is 13.9. The molecule has 0 unspecified atom stereocenters. The van der Waals surface area contributed by atoms with Gasteiger partial charge in [-0.25, -0.2) is 0 Å². The van der Waals surface area contributed by atoms with Crippen LogP contribution >= 0.6 is 0 Å². The molecule has 0 bridgehead atoms. The van der Waals surface area contributed by atoms with Crippen molar-refractivity contribution in [2.45, 2.75) is 0 Å². The summed E-state index contributed by atoms with van der Waals surface area (Å²) in [6.07, 6.45) is 3.00. The topological polar surface area (TPSA) is 58.9 Å². The molecule has 0 aliphatic heterocycles. The fraction of sp³-hybridized carbons (Fsp3) is 0. The van der Waals surface area contributed by atoms with Gasteiger partial charge in [0.05, 0.1) is 0 Å². The number of carbonyl (C=O) groups excluding carboxylic acids is 1. The third-order valence-corrected chi connectivity index (χ3v) is 2.22. The Hall–Kier alpha value is -2.29. The molecule has 0 radical (unpaired) electrons. The van der Waals surface area contributed by atoms with E-state index >= 15 is 0 Å². The Balaban J connectivity index is 2.23. The van der Waals surface area contributed by atoms with Crippen LogP contribution in [0.15, 0.2) is 48.5 Å². The van der Waals surface area contributed by atoms with Gasteiger partial charge in [0, 0.05) is 17.5 Å². The number of nitrogens with two attached hydrogens (primary N) is 1. The highest BCUT2D eigenvalue weighted by Crippen LogP contribution is 2.18. The van der Waals surface area contributed by atoms with Gasteiger partial charge in [0.15, 0.2) is 0 Å². The quantitative estimate of drug-likeness (QED) is 0.753. The second kappa shape index (κ2) is 4.49. The van der Waals surface area contributed by atoms with Gasteiger partial charge >= 0.3 is 0 Å². The molecule has 3 heteroatoms. The van der Waals surface area contributed by atoms with Crippen molar-refractivity contribution in [3.8, 4) is 11.3 Å². The van der Waals surface area contributed by atoms with Crippen LogP contribution in [0, 0.1) is 0 Å². The summed E-state index contributed by atoms with van der Waals surface area (Å²) in [5.41, 5.74) is 8.01. The van der Waals surface area contributed by atoms with Gasteiger partial charge in [-0.15, -0.1) is 0 Å². The van der Waals surface area contributed by atoms with Gasteiger partial charge in [0.25, 0.3) is 0 Å². The maximum absolute atomic E-state index is 10.6. The second-order valence-electron chi connectivity index (χ2n) is 3.43. The van der Waals surface area contributed by atoms with Crippen LogP contribution in [0.3, 0.4) is 0 Å². The number of amides is 1. The molecule has 3 N–H and O–H groups in total. The second-order valence-corrected chi connectivity index (χ2v) is 3.43. The Morgan fingerprint density at radius 1 is 1.12 bits per heavy atom. The smallest absolute Gasteiger partial charge is 0.241 e. The van der Waals surface area contributed by atoms with Gasteiger partial charge in [-0.3, -0.25) is 4.79 Å². The average molecular weight is 212 g/mol. The van der Waals surface area contributed by atoms with Crippen molar-refractivity contribution < 1.29 is 4.79 Å². The van der Waals surface area contributed by atoms with Gasteiger partial charge < -0.3 is 10.7 Å². The summed E-state index contributed by atoms with van der Waals surface area (Å²) in [5, 5.41) is 0. The highest BCUT2D eigenvalue weighted by atomic mass is 16.1. The van der Waals surface area contributed by atoms with E-state index < -0.39 is 5.91 Å². The third-order valence-electron chi connectivity index (χ3n) is 2.22. The number of aromatic nitrogens is 1. The van der Waals surface area contributed by atoms with Crippen LogP contribution in [0.4, 0.5) is 0 Å². The SMILES string of the molecule is NC(=O)/C=C\c1ccc(-c2ccccc2)[nH]1. The van der Waals surface area contributed by atoms with E-state index in [2.05, 4.69) is 4.98 Å². The van der Waals surface area contributed by atoms with E-state index in [1.54, 1.807) is 6.08 Å². The molecule has 0 atom stereocenters. The lowest BCUT2D eigenvalue weighted by molar-refractivity contribution is -0.113. The maximum Gasteiger partial charge on any atom is 0.241 e. The summed E-state index contributed by atoms with van der Waals surface area (Å²) in [4.78, 5) is 13.8. The minimum Gasteiger partial charge on any atom is -0.366 e. The molecule has 0 aliphatic carbocycles. The van der Waals surface area contributed by atoms with E-state index in [0.717, 1.165) is 17.0 Å². The van der Waals surface area contributed by atoms with Crippen molar-refractivity contribution >= 4 is 12.0 Å². The van der Waals surface area contributed by atoms with Crippen LogP contribution in [0.2, 0.25) is 0 Å². The number of nitrogens with one attached hydrogen (secondary N) is 1. The molecule has 2 aromatic rings. The molecule has 0 aliphatic rings. The van der Waals surface area contributed by atoms with E-state index in [1.165, 1.54) is 6.08 Å². The summed E-state index contributed by atoms with van der Waals surface area (Å²) >= 11 is 0. The Bertz CT molecular complexity index is 512. The number of hydrogen-bond acceptors (Lipinski definition) is 1. The molecule has 1 aromatic heterocycles. The van der Waals surface area contributed by atoms with Gasteiger partial charge in [0.1, 0.15) is 0 Å². The molecule has 1 heterocycles. The van der Waals surface area contributed by atoms with Gasteiger partial charge in [-0.2, -0.15) is 0 Å². The molecular weight excluding hydrogens is 200 g/mol. The monoisotopic (exact) mass is 212 g/mol. The van der Waals surface area contributed by atoms with Crippen LogP contribution in [0.25, 0.3) is 17.3 Å². The Morgan fingerprint density at radius 3 is 2.56 bits per heavy atom. The molecule has 1 aromatic carbocycles. The van der Waals surface area contributed by atoms with Crippen LogP contribution in [0.1, 0.15) is 5.69 Å². The molecule has 0 saturated heterocycles. The zero-order valence-corrected chi connectivity index (χ0v) is 8.68. The van der Waals surface area contributed by atoms with Crippen LogP contribution in [-0.4, -0.2) is 10.9 Å². The Morgan fingerprint density at radius 2 is 1.88 bits per heavy atom. The van der Waals surface area contributed by atoms with Crippen molar-refractivity contribution in [3.05, 3.63) is 54.2 Å². The molecule has 2 rings (SSSR count). The number of aromatic amines is 1. The first-order chi connectivity index (χ1) is 7.75. The van der Waals surface area contributed by atoms with Crippen molar-refractivity contribution in [1.82, 2.24) is 4.98 Å². The van der Waals surface area contributed by atoms with E-state index in [1.807, 2.05) is 42.5 Å². The first kappa shape index (κ1) is 10.2. The number of rotatable bonds is 3. The fourth-order valence-electron chi connectivity index (χ4n) is 1.47. The van der Waals surface area contributed by atoms with Gasteiger partial charge in [-0.1, -0.05) is 30.3 Å². The Kier molecular flexibility index (Phi) is 2.87. The molecule has 0 spiro atoms. The molecule has 1 amide bonds. The normalized spacial score (nSPS) is 10.8. The fourth-order valence-corrected chi connectivity index (χ4v) is 1.47. The number of primary amides is 1. The summed E-state index contributed by atoms with van der Waals surface area (Å²) in [6.45, 7) is 0. The van der Waals surface area contributed by atoms with Crippen LogP contribution in [0.5, 0.6) is 0 Å². The first-order valence-electron chi connectivity index (χ1n) is 4.97. The van der Waals surface area contributed by atoms with Crippen LogP contribution in [-0.2, 0) is 4.79 Å². The summed E-state index contributed by atoms with van der Waals surface area (Å²) < 4.78 is 0. The highest BCUT2D eigenvalue weighted by molar-refractivity contribution is 5.90. The van der Waals surface area contributed by atoms with E-state index in [9.17, 15) is 4.79 Å². The third kappa shape index (κ3) is 2.39. The minimum absolute atomic E-state index is 0.448. The Labute approximate surface area is 93.6 Å². The maximum atomic E-state index is 10.6. The van der Waals surface area contributed by atoms with Crippen molar-refractivity contribution in [2.24, 2.45) is 5.73 Å². The van der Waals surface area contributed by atoms with Crippen molar-refractivity contribution in [1.29, 1.82) is 0 Å². The lowest BCUT2D eigenvalue weighted by Gasteiger charge is -1.95. The average Bonchev–Trinajstić information content (AvgIpc) is 2.76. The van der Waals surface area contributed by atoms with Gasteiger partial charge in [0.2, 0.25) is 5.91 Å². The molecule has 0 saturated carbocycles. The molecule has 3 nitrogen and oxygen atoms in total. The zero-order valence-electron chi connectivity index (χ0n) is 8.68. The zero-order chi connectivity index (χ0) is 11.4. The number of hydrogen-bond donors (Lipinski definition) is 2. The molecular formula is C13H12N2O. The standard InChI is InChI=1S/C13H12N2O/c14-13(16)9-7-11-6-8-12(15-11)10-4-2-1-3-5-10/h1-9,15H,(H2,14,16)/b9-7-. The van der Waals surface area contributed by atoms with E-state index in [-0.39, 0.29) is 0 Å². The lowest BCUT2D eigenvalue weighted by Crippen LogP contribution is -2.05. The van der Waals surface area contributed by atoms with E-state index in [4.69, 9.17) is 5.73 Å². The minimum atomic E-state index is -0.448. The van der Waals surface area contributed by atoms with Gasteiger partial charge in [-0.05, 0) is 23.8 Å². The first-order valence-corrected chi connectivity index (χ1v) is 4.97. The lowest BCUT2D eigenvalue weighted by atomic mass is 10.2. The molecule has 0 fully saturated rings. The van der Waals surface area contributed by atoms with Crippen molar-refractivity contribution in [2.75, 3.05) is 0 Å². The molecule has 16 heavy (non-hydrogen) atoms.